The molecule has 6 nitrogen and oxygen atoms in total. The molecule has 2 N–H and O–H groups in total. The third kappa shape index (κ3) is 4.45. The molecule has 0 saturated carbocycles. The number of nitrogens with zero attached hydrogens (tertiary/aromatic N) is 2. The van der Waals surface area contributed by atoms with Crippen LogP contribution in [0.1, 0.15) is 28.9 Å². The maximum absolute atomic E-state index is 13.5. The molecule has 7 heteroatoms. The maximum atomic E-state index is 13.5. The van der Waals surface area contributed by atoms with Crippen LogP contribution in [0.5, 0.6) is 0 Å². The fourth-order valence-corrected chi connectivity index (χ4v) is 4.17. The molecular weight excluding hydrogens is 419 g/mol. The Labute approximate surface area is 191 Å². The summed E-state index contributed by atoms with van der Waals surface area (Å²) in [5.41, 5.74) is 5.00. The number of hydrogen-bond donors (Lipinski definition) is 2. The van der Waals surface area contributed by atoms with Crippen molar-refractivity contribution in [1.29, 1.82) is 0 Å². The number of anilines is 1. The lowest BCUT2D eigenvalue weighted by Crippen LogP contribution is -2.36. The van der Waals surface area contributed by atoms with Crippen LogP contribution in [0, 0.1) is 5.82 Å². The number of hydrogen-bond acceptors (Lipinski definition) is 4. The van der Waals surface area contributed by atoms with E-state index >= 15 is 0 Å². The molecule has 168 valence electrons. The fourth-order valence-electron chi connectivity index (χ4n) is 4.17. The molecule has 1 atom stereocenters. The van der Waals surface area contributed by atoms with Crippen LogP contribution < -0.4 is 10.2 Å². The highest BCUT2D eigenvalue weighted by Gasteiger charge is 2.17. The first kappa shape index (κ1) is 21.2. The minimum atomic E-state index is -0.331. The van der Waals surface area contributed by atoms with E-state index < -0.39 is 0 Å². The van der Waals surface area contributed by atoms with Gasteiger partial charge in [-0.1, -0.05) is 24.3 Å². The Morgan fingerprint density at radius 3 is 2.67 bits per heavy atom. The number of carbonyl (C=O) groups excluding carboxylic acids is 1. The number of fused-ring (bicyclic) bond motifs is 1. The van der Waals surface area contributed by atoms with Gasteiger partial charge in [-0.2, -0.15) is 0 Å². The molecule has 2 aromatic carbocycles. The number of pyridine rings is 1. The van der Waals surface area contributed by atoms with E-state index in [1.165, 1.54) is 17.8 Å². The number of H-pyrrole nitrogens is 1. The minimum absolute atomic E-state index is 0.236. The predicted molar refractivity (Wildman–Crippen MR) is 127 cm³/mol. The van der Waals surface area contributed by atoms with Gasteiger partial charge in [-0.25, -0.2) is 9.37 Å². The van der Waals surface area contributed by atoms with Crippen LogP contribution in [0.4, 0.5) is 10.1 Å². The topological polar surface area (TPSA) is 70.2 Å². The number of nitrogens with one attached hydrogen (secondary N) is 2. The molecule has 33 heavy (non-hydrogen) atoms. The Morgan fingerprint density at radius 1 is 1.12 bits per heavy atom. The minimum Gasteiger partial charge on any atom is -0.378 e. The van der Waals surface area contributed by atoms with E-state index in [1.807, 2.05) is 13.0 Å². The molecule has 0 spiro atoms. The van der Waals surface area contributed by atoms with Gasteiger partial charge in [-0.15, -0.1) is 0 Å². The molecule has 0 bridgehead atoms. The Kier molecular flexibility index (Phi) is 5.79. The second-order valence-electron chi connectivity index (χ2n) is 8.22. The Hall–Kier alpha value is -3.71. The fraction of sp³-hybridized carbons (Fsp3) is 0.231. The summed E-state index contributed by atoms with van der Waals surface area (Å²) in [6.07, 6.45) is 3.47. The highest BCUT2D eigenvalue weighted by atomic mass is 19.1. The van der Waals surface area contributed by atoms with Gasteiger partial charge in [0, 0.05) is 42.1 Å². The molecule has 0 radical (unpaired) electrons. The van der Waals surface area contributed by atoms with Gasteiger partial charge >= 0.3 is 0 Å². The number of benzene rings is 2. The van der Waals surface area contributed by atoms with Gasteiger partial charge in [0.2, 0.25) is 0 Å². The third-order valence-electron chi connectivity index (χ3n) is 6.05. The maximum Gasteiger partial charge on any atom is 0.253 e. The van der Waals surface area contributed by atoms with Crippen molar-refractivity contribution in [2.75, 3.05) is 31.2 Å². The Balaban J connectivity index is 1.38. The molecule has 1 fully saturated rings. The summed E-state index contributed by atoms with van der Waals surface area (Å²) >= 11 is 0. The molecule has 5 rings (SSSR count). The van der Waals surface area contributed by atoms with E-state index in [1.54, 1.807) is 24.5 Å². The highest BCUT2D eigenvalue weighted by molar-refractivity contribution is 6.06. The first-order valence-electron chi connectivity index (χ1n) is 11.0. The van der Waals surface area contributed by atoms with Crippen molar-refractivity contribution in [3.8, 4) is 11.1 Å². The SMILES string of the molecule is C[C@H](NC(=O)c1c[nH]c2ncc(-c3ccc(N4CCOCC4)cc3)cc12)c1cccc(F)c1. The van der Waals surface area contributed by atoms with E-state index in [9.17, 15) is 9.18 Å². The van der Waals surface area contributed by atoms with Crippen LogP contribution >= 0.6 is 0 Å². The van der Waals surface area contributed by atoms with Crippen molar-refractivity contribution in [3.05, 3.63) is 83.9 Å². The average Bonchev–Trinajstić information content (AvgIpc) is 3.28. The monoisotopic (exact) mass is 444 g/mol. The lowest BCUT2D eigenvalue weighted by molar-refractivity contribution is 0.0941. The number of morpholine rings is 1. The highest BCUT2D eigenvalue weighted by Crippen LogP contribution is 2.27. The predicted octanol–water partition coefficient (Wildman–Crippen LogP) is 4.70. The van der Waals surface area contributed by atoms with Crippen molar-refractivity contribution >= 4 is 22.6 Å². The largest absolute Gasteiger partial charge is 0.378 e. The summed E-state index contributed by atoms with van der Waals surface area (Å²) in [4.78, 5) is 22.9. The zero-order valence-electron chi connectivity index (χ0n) is 18.3. The molecule has 4 aromatic rings. The van der Waals surface area contributed by atoms with Crippen molar-refractivity contribution in [2.24, 2.45) is 0 Å². The summed E-state index contributed by atoms with van der Waals surface area (Å²) in [6.45, 7) is 5.11. The molecule has 1 aliphatic heterocycles. The molecule has 2 aromatic heterocycles. The van der Waals surface area contributed by atoms with Crippen molar-refractivity contribution < 1.29 is 13.9 Å². The van der Waals surface area contributed by atoms with Gasteiger partial charge < -0.3 is 19.9 Å². The van der Waals surface area contributed by atoms with E-state index in [0.29, 0.717) is 16.8 Å². The van der Waals surface area contributed by atoms with Crippen LogP contribution in [0.15, 0.2) is 67.0 Å². The van der Waals surface area contributed by atoms with Gasteiger partial charge in [0.15, 0.2) is 0 Å². The Morgan fingerprint density at radius 2 is 1.91 bits per heavy atom. The van der Waals surface area contributed by atoms with E-state index in [-0.39, 0.29) is 17.8 Å². The lowest BCUT2D eigenvalue weighted by atomic mass is 10.0. The molecule has 1 aliphatic rings. The number of amides is 1. The number of carbonyl (C=O) groups is 1. The molecule has 3 heterocycles. The second-order valence-corrected chi connectivity index (χ2v) is 8.22. The quantitative estimate of drug-likeness (QED) is 0.468. The van der Waals surface area contributed by atoms with Crippen LogP contribution in [0.3, 0.4) is 0 Å². The normalized spacial score (nSPS) is 14.9. The smallest absolute Gasteiger partial charge is 0.253 e. The Bertz CT molecular complexity index is 1280. The van der Waals surface area contributed by atoms with Gasteiger partial charge in [-0.05, 0) is 48.4 Å². The van der Waals surface area contributed by atoms with Crippen LogP contribution in [0.2, 0.25) is 0 Å². The van der Waals surface area contributed by atoms with Gasteiger partial charge in [0.05, 0.1) is 24.8 Å². The third-order valence-corrected chi connectivity index (χ3v) is 6.05. The molecule has 0 aliphatic carbocycles. The summed E-state index contributed by atoms with van der Waals surface area (Å²) < 4.78 is 19.0. The van der Waals surface area contributed by atoms with Crippen molar-refractivity contribution in [3.63, 3.8) is 0 Å². The molecule has 0 unspecified atom stereocenters. The zero-order chi connectivity index (χ0) is 22.8. The van der Waals surface area contributed by atoms with Crippen LogP contribution in [-0.2, 0) is 4.74 Å². The first-order chi connectivity index (χ1) is 16.1. The zero-order valence-corrected chi connectivity index (χ0v) is 18.3. The van der Waals surface area contributed by atoms with E-state index in [0.717, 1.165) is 42.8 Å². The molecule has 1 saturated heterocycles. The van der Waals surface area contributed by atoms with Gasteiger partial charge in [-0.3, -0.25) is 4.79 Å². The number of rotatable bonds is 5. The summed E-state index contributed by atoms with van der Waals surface area (Å²) in [5.74, 6) is -0.561. The summed E-state index contributed by atoms with van der Waals surface area (Å²) in [6, 6.07) is 16.3. The van der Waals surface area contributed by atoms with Gasteiger partial charge in [0.1, 0.15) is 11.5 Å². The lowest BCUT2D eigenvalue weighted by Gasteiger charge is -2.28. The first-order valence-corrected chi connectivity index (χ1v) is 11.0. The van der Waals surface area contributed by atoms with Crippen molar-refractivity contribution in [2.45, 2.75) is 13.0 Å². The van der Waals surface area contributed by atoms with Gasteiger partial charge in [0.25, 0.3) is 5.91 Å². The van der Waals surface area contributed by atoms with E-state index in [4.69, 9.17) is 4.74 Å². The van der Waals surface area contributed by atoms with Crippen LogP contribution in [-0.4, -0.2) is 42.2 Å². The molecule has 1 amide bonds. The summed E-state index contributed by atoms with van der Waals surface area (Å²) in [7, 11) is 0. The average molecular weight is 445 g/mol. The van der Waals surface area contributed by atoms with Crippen LogP contribution in [0.25, 0.3) is 22.2 Å². The second kappa shape index (κ2) is 9.03. The van der Waals surface area contributed by atoms with E-state index in [2.05, 4.69) is 44.5 Å². The van der Waals surface area contributed by atoms with Crippen molar-refractivity contribution in [1.82, 2.24) is 15.3 Å². The number of aromatic nitrogens is 2. The standard InChI is InChI=1S/C26H25FN4O2/c1-17(19-3-2-4-21(27)13-19)30-26(32)24-16-29-25-23(24)14-20(15-28-25)18-5-7-22(8-6-18)31-9-11-33-12-10-31/h2-8,13-17H,9-12H2,1H3,(H,28,29)(H,30,32)/t17-/m0/s1. The summed E-state index contributed by atoms with van der Waals surface area (Å²) in [5, 5.41) is 3.70. The molecular formula is C26H25FN4O2. The number of ether oxygens (including phenoxy) is 1. The number of aromatic amines is 1. The number of halogens is 1.